The summed E-state index contributed by atoms with van der Waals surface area (Å²) in [5, 5.41) is 5.05. The maximum absolute atomic E-state index is 2.51. The summed E-state index contributed by atoms with van der Waals surface area (Å²) in [6, 6.07) is 85.4. The van der Waals surface area contributed by atoms with Gasteiger partial charge in [-0.1, -0.05) is 170 Å². The number of hydrogen-bond donors (Lipinski definition) is 0. The van der Waals surface area contributed by atoms with E-state index in [9.17, 15) is 0 Å². The van der Waals surface area contributed by atoms with Crippen molar-refractivity contribution in [3.8, 4) is 39.1 Å². The van der Waals surface area contributed by atoms with Crippen LogP contribution >= 0.6 is 0 Å². The summed E-state index contributed by atoms with van der Waals surface area (Å²) in [6.07, 6.45) is 0. The van der Waals surface area contributed by atoms with Gasteiger partial charge < -0.3 is 9.47 Å². The first-order valence-corrected chi connectivity index (χ1v) is 21.2. The highest BCUT2D eigenvalue weighted by Crippen LogP contribution is 2.64. The SMILES string of the molecule is c1ccc(-c2ccc3cccc4c3c2C2(c3ccccc3-c3ccc(N(c5ccccc5)c5ccc6c(c5)c5ccccc5n6-c5ccccc5)cc32)c2ccccc2-4)cc1. The third kappa shape index (κ3) is 4.73. The molecule has 0 N–H and O–H groups in total. The first kappa shape index (κ1) is 34.0. The maximum Gasteiger partial charge on any atom is 0.0732 e. The van der Waals surface area contributed by atoms with Crippen LogP contribution in [0.5, 0.6) is 0 Å². The van der Waals surface area contributed by atoms with E-state index in [1.807, 2.05) is 0 Å². The lowest BCUT2D eigenvalue weighted by atomic mass is 9.60. The van der Waals surface area contributed by atoms with Crippen LogP contribution < -0.4 is 4.90 Å². The number of nitrogens with zero attached hydrogens (tertiary/aromatic N) is 2. The Balaban J connectivity index is 1.12. The fourth-order valence-electron chi connectivity index (χ4n) is 11.0. The van der Waals surface area contributed by atoms with Crippen molar-refractivity contribution >= 4 is 49.6 Å². The van der Waals surface area contributed by atoms with Crippen LogP contribution in [0.3, 0.4) is 0 Å². The Kier molecular flexibility index (Phi) is 7.26. The molecule has 2 nitrogen and oxygen atoms in total. The van der Waals surface area contributed by atoms with Crippen molar-refractivity contribution in [2.45, 2.75) is 5.41 Å². The summed E-state index contributed by atoms with van der Waals surface area (Å²) < 4.78 is 2.39. The van der Waals surface area contributed by atoms with Crippen LogP contribution in [0, 0.1) is 0 Å². The van der Waals surface area contributed by atoms with Crippen LogP contribution in [-0.4, -0.2) is 4.57 Å². The maximum atomic E-state index is 2.51. The van der Waals surface area contributed by atoms with Gasteiger partial charge in [-0.05, 0) is 127 Å². The molecule has 0 radical (unpaired) electrons. The standard InChI is InChI=1S/C59H38N2/c1-4-17-39(18-5-1)45-34-31-40-19-16-27-50-47-25-11-14-29-53(47)59(58(45)57(40)50)52-28-13-10-24-46(52)48-35-32-44(38-54(48)59)60(41-20-6-2-7-21-41)43-33-36-56-51(37-43)49-26-12-15-30-55(49)61(56)42-22-8-3-9-23-42/h1-38H. The Morgan fingerprint density at radius 2 is 0.918 bits per heavy atom. The molecule has 10 aromatic carbocycles. The lowest BCUT2D eigenvalue weighted by molar-refractivity contribution is 0.775. The van der Waals surface area contributed by atoms with Crippen molar-refractivity contribution in [3.63, 3.8) is 0 Å². The molecule has 0 fully saturated rings. The third-order valence-corrected chi connectivity index (χ3v) is 13.4. The minimum atomic E-state index is -0.590. The summed E-state index contributed by atoms with van der Waals surface area (Å²) in [5.74, 6) is 0. The first-order valence-electron chi connectivity index (χ1n) is 21.2. The summed E-state index contributed by atoms with van der Waals surface area (Å²) >= 11 is 0. The van der Waals surface area contributed by atoms with E-state index < -0.39 is 5.41 Å². The van der Waals surface area contributed by atoms with E-state index >= 15 is 0 Å². The fraction of sp³-hybridized carbons (Fsp3) is 0.0169. The van der Waals surface area contributed by atoms with Crippen LogP contribution in [-0.2, 0) is 5.41 Å². The molecule has 0 aliphatic heterocycles. The molecule has 1 aromatic heterocycles. The van der Waals surface area contributed by atoms with E-state index in [0.29, 0.717) is 0 Å². The van der Waals surface area contributed by atoms with Gasteiger partial charge in [0.2, 0.25) is 0 Å². The van der Waals surface area contributed by atoms with Crippen LogP contribution in [0.2, 0.25) is 0 Å². The highest BCUT2D eigenvalue weighted by molar-refractivity contribution is 6.12. The quantitative estimate of drug-likeness (QED) is 0.169. The second kappa shape index (κ2) is 13.0. The zero-order valence-corrected chi connectivity index (χ0v) is 33.3. The van der Waals surface area contributed by atoms with Crippen molar-refractivity contribution < 1.29 is 0 Å². The lowest BCUT2D eigenvalue weighted by Crippen LogP contribution is -2.32. The predicted octanol–water partition coefficient (Wildman–Crippen LogP) is 15.4. The zero-order chi connectivity index (χ0) is 40.1. The van der Waals surface area contributed by atoms with Gasteiger partial charge in [-0.25, -0.2) is 0 Å². The number of hydrogen-bond acceptors (Lipinski definition) is 1. The molecule has 11 aromatic rings. The van der Waals surface area contributed by atoms with Gasteiger partial charge in [-0.3, -0.25) is 0 Å². The summed E-state index contributed by atoms with van der Waals surface area (Å²) in [5.41, 5.74) is 19.2. The molecule has 13 rings (SSSR count). The van der Waals surface area contributed by atoms with Crippen LogP contribution in [0.1, 0.15) is 22.3 Å². The average Bonchev–Trinajstić information content (AvgIpc) is 3.81. The van der Waals surface area contributed by atoms with Gasteiger partial charge in [0, 0.05) is 33.5 Å². The van der Waals surface area contributed by atoms with Crippen molar-refractivity contribution in [2.75, 3.05) is 4.90 Å². The number of aromatic nitrogens is 1. The number of anilines is 3. The molecule has 1 atom stereocenters. The smallest absolute Gasteiger partial charge is 0.0732 e. The van der Waals surface area contributed by atoms with Crippen LogP contribution in [0.4, 0.5) is 17.1 Å². The number of rotatable bonds is 5. The van der Waals surface area contributed by atoms with Gasteiger partial charge in [0.15, 0.2) is 0 Å². The molecule has 61 heavy (non-hydrogen) atoms. The van der Waals surface area contributed by atoms with Gasteiger partial charge in [-0.15, -0.1) is 0 Å². The molecular formula is C59H38N2. The summed E-state index contributed by atoms with van der Waals surface area (Å²) in [7, 11) is 0. The second-order valence-electron chi connectivity index (χ2n) is 16.4. The van der Waals surface area contributed by atoms with E-state index in [4.69, 9.17) is 0 Å². The zero-order valence-electron chi connectivity index (χ0n) is 33.3. The molecule has 0 amide bonds. The molecule has 0 bridgehead atoms. The molecule has 284 valence electrons. The average molecular weight is 775 g/mol. The van der Waals surface area contributed by atoms with Crippen molar-refractivity contribution in [1.29, 1.82) is 0 Å². The molecular weight excluding hydrogens is 737 g/mol. The van der Waals surface area contributed by atoms with Gasteiger partial charge in [0.25, 0.3) is 0 Å². The van der Waals surface area contributed by atoms with Crippen LogP contribution in [0.15, 0.2) is 231 Å². The van der Waals surface area contributed by atoms with Crippen LogP contribution in [0.25, 0.3) is 71.6 Å². The van der Waals surface area contributed by atoms with Crippen molar-refractivity contribution in [3.05, 3.63) is 253 Å². The Morgan fingerprint density at radius 1 is 0.344 bits per heavy atom. The third-order valence-electron chi connectivity index (χ3n) is 13.4. The van der Waals surface area contributed by atoms with E-state index in [1.165, 1.54) is 88.2 Å². The Bertz CT molecular complexity index is 3530. The number of para-hydroxylation sites is 3. The number of fused-ring (bicyclic) bond motifs is 12. The van der Waals surface area contributed by atoms with Gasteiger partial charge in [0.1, 0.15) is 0 Å². The fourth-order valence-corrected chi connectivity index (χ4v) is 11.0. The molecule has 2 aliphatic rings. The minimum absolute atomic E-state index is 0.590. The molecule has 0 saturated carbocycles. The van der Waals surface area contributed by atoms with Crippen molar-refractivity contribution in [2.24, 2.45) is 0 Å². The molecule has 2 heteroatoms. The predicted molar refractivity (Wildman–Crippen MR) is 255 cm³/mol. The van der Waals surface area contributed by atoms with Crippen molar-refractivity contribution in [1.82, 2.24) is 4.57 Å². The summed E-state index contributed by atoms with van der Waals surface area (Å²) in [6.45, 7) is 0. The van der Waals surface area contributed by atoms with E-state index in [2.05, 4.69) is 240 Å². The number of benzene rings is 10. The molecule has 1 unspecified atom stereocenters. The van der Waals surface area contributed by atoms with Gasteiger partial charge in [0.05, 0.1) is 16.4 Å². The monoisotopic (exact) mass is 774 g/mol. The van der Waals surface area contributed by atoms with Gasteiger partial charge >= 0.3 is 0 Å². The van der Waals surface area contributed by atoms with E-state index in [-0.39, 0.29) is 0 Å². The highest BCUT2D eigenvalue weighted by Gasteiger charge is 2.51. The molecule has 0 saturated heterocycles. The van der Waals surface area contributed by atoms with E-state index in [1.54, 1.807) is 0 Å². The lowest BCUT2D eigenvalue weighted by Gasteiger charge is -2.41. The minimum Gasteiger partial charge on any atom is -0.310 e. The molecule has 1 spiro atoms. The molecule has 2 aliphatic carbocycles. The first-order chi connectivity index (χ1) is 30.3. The van der Waals surface area contributed by atoms with Gasteiger partial charge in [-0.2, -0.15) is 0 Å². The molecule has 1 heterocycles. The highest BCUT2D eigenvalue weighted by atomic mass is 15.1. The second-order valence-corrected chi connectivity index (χ2v) is 16.4. The van der Waals surface area contributed by atoms with E-state index in [0.717, 1.165) is 22.7 Å². The largest absolute Gasteiger partial charge is 0.310 e. The Hall–Kier alpha value is -7.94. The Labute approximate surface area is 354 Å². The topological polar surface area (TPSA) is 8.17 Å². The summed E-state index contributed by atoms with van der Waals surface area (Å²) in [4.78, 5) is 2.45. The normalized spacial score (nSPS) is 14.6. The Morgan fingerprint density at radius 3 is 1.70 bits per heavy atom.